The van der Waals surface area contributed by atoms with Gasteiger partial charge in [-0.2, -0.15) is 0 Å². The molecule has 0 N–H and O–H groups in total. The molecule has 1 aliphatic rings. The molecule has 4 heteroatoms. The van der Waals surface area contributed by atoms with Crippen LogP contribution < -0.4 is 0 Å². The summed E-state index contributed by atoms with van der Waals surface area (Å²) in [5, 5.41) is 3.33. The van der Waals surface area contributed by atoms with Crippen LogP contribution in [0.3, 0.4) is 0 Å². The van der Waals surface area contributed by atoms with E-state index in [0.717, 1.165) is 56.3 Å². The second kappa shape index (κ2) is 8.29. The first-order valence-corrected chi connectivity index (χ1v) is 12.8. The molecule has 3 aromatic heterocycles. The van der Waals surface area contributed by atoms with Crippen molar-refractivity contribution in [2.24, 2.45) is 0 Å². The minimum Gasteiger partial charge on any atom is -0.456 e. The average Bonchev–Trinajstić information content (AvgIpc) is 3.56. The summed E-state index contributed by atoms with van der Waals surface area (Å²) in [5.74, 6) is 0.226. The summed E-state index contributed by atoms with van der Waals surface area (Å²) >= 11 is 0. The molecule has 7 aromatic rings. The number of benzene rings is 4. The molecule has 0 saturated heterocycles. The lowest BCUT2D eigenvalue weighted by Crippen LogP contribution is -2.00. The SMILES string of the molecule is C1=CC(c2cccc(-c3ncnc4c3oc3ccccc34)c2)=CC(c2cccc3c2oc2ccccc23)C1. The van der Waals surface area contributed by atoms with E-state index in [1.807, 2.05) is 36.4 Å². The predicted octanol–water partition coefficient (Wildman–Crippen LogP) is 9.07. The lowest BCUT2D eigenvalue weighted by molar-refractivity contribution is 0.657. The molecule has 3 heterocycles. The average molecular weight is 491 g/mol. The van der Waals surface area contributed by atoms with E-state index in [-0.39, 0.29) is 5.92 Å². The van der Waals surface area contributed by atoms with E-state index in [4.69, 9.17) is 8.83 Å². The van der Waals surface area contributed by atoms with Crippen LogP contribution in [-0.4, -0.2) is 9.97 Å². The van der Waals surface area contributed by atoms with E-state index in [0.29, 0.717) is 5.58 Å². The Hall–Kier alpha value is -4.96. The van der Waals surface area contributed by atoms with E-state index in [1.54, 1.807) is 6.33 Å². The highest BCUT2D eigenvalue weighted by molar-refractivity contribution is 6.07. The number of para-hydroxylation sites is 3. The van der Waals surface area contributed by atoms with Crippen molar-refractivity contribution >= 4 is 49.6 Å². The van der Waals surface area contributed by atoms with Crippen LogP contribution in [0.4, 0.5) is 0 Å². The molecule has 0 bridgehead atoms. The Kier molecular flexibility index (Phi) is 4.61. The first-order valence-electron chi connectivity index (χ1n) is 12.8. The molecular weight excluding hydrogens is 468 g/mol. The molecule has 4 aromatic carbocycles. The molecule has 1 aliphatic carbocycles. The van der Waals surface area contributed by atoms with Gasteiger partial charge in [0.05, 0.1) is 0 Å². The maximum absolute atomic E-state index is 6.34. The molecule has 1 unspecified atom stereocenters. The fourth-order valence-electron chi connectivity index (χ4n) is 5.73. The number of rotatable bonds is 3. The van der Waals surface area contributed by atoms with Gasteiger partial charge >= 0.3 is 0 Å². The topological polar surface area (TPSA) is 52.1 Å². The third kappa shape index (κ3) is 3.24. The first kappa shape index (κ1) is 21.2. The quantitative estimate of drug-likeness (QED) is 0.248. The van der Waals surface area contributed by atoms with Gasteiger partial charge in [-0.3, -0.25) is 0 Å². The van der Waals surface area contributed by atoms with Crippen LogP contribution in [-0.2, 0) is 0 Å². The van der Waals surface area contributed by atoms with Gasteiger partial charge in [-0.05, 0) is 41.8 Å². The van der Waals surface area contributed by atoms with Crippen LogP contribution in [0, 0.1) is 0 Å². The highest BCUT2D eigenvalue weighted by Crippen LogP contribution is 2.39. The molecule has 0 aliphatic heterocycles. The van der Waals surface area contributed by atoms with Crippen molar-refractivity contribution in [1.29, 1.82) is 0 Å². The molecule has 0 amide bonds. The molecule has 0 saturated carbocycles. The van der Waals surface area contributed by atoms with Crippen LogP contribution >= 0.6 is 0 Å². The molecule has 8 rings (SSSR count). The Labute approximate surface area is 218 Å². The zero-order valence-electron chi connectivity index (χ0n) is 20.5. The largest absolute Gasteiger partial charge is 0.456 e. The molecular formula is C34H22N2O2. The van der Waals surface area contributed by atoms with Gasteiger partial charge in [-0.15, -0.1) is 0 Å². The van der Waals surface area contributed by atoms with Crippen LogP contribution in [0.2, 0.25) is 0 Å². The van der Waals surface area contributed by atoms with Gasteiger partial charge < -0.3 is 8.83 Å². The number of hydrogen-bond donors (Lipinski definition) is 0. The zero-order valence-corrected chi connectivity index (χ0v) is 20.5. The van der Waals surface area contributed by atoms with Gasteiger partial charge in [0.25, 0.3) is 0 Å². The van der Waals surface area contributed by atoms with Gasteiger partial charge in [-0.1, -0.05) is 85.0 Å². The zero-order chi connectivity index (χ0) is 25.1. The molecule has 0 radical (unpaired) electrons. The molecule has 180 valence electrons. The molecule has 38 heavy (non-hydrogen) atoms. The van der Waals surface area contributed by atoms with Crippen LogP contribution in [0.15, 0.2) is 124 Å². The maximum Gasteiger partial charge on any atom is 0.180 e. The standard InChI is InChI=1S/C34H22N2O2/c1-3-16-29-26(12-1)27-15-7-14-25(33(27)37-29)23-10-5-8-21(18-23)22-9-6-11-24(19-22)31-34-32(36-20-35-31)28-13-2-4-17-30(28)38-34/h1-9,11-20,23H,10H2. The van der Waals surface area contributed by atoms with Gasteiger partial charge in [0.2, 0.25) is 0 Å². The summed E-state index contributed by atoms with van der Waals surface area (Å²) in [6.45, 7) is 0. The predicted molar refractivity (Wildman–Crippen MR) is 153 cm³/mol. The van der Waals surface area contributed by atoms with Crippen molar-refractivity contribution in [2.75, 3.05) is 0 Å². The van der Waals surface area contributed by atoms with Crippen molar-refractivity contribution in [3.05, 3.63) is 127 Å². The summed E-state index contributed by atoms with van der Waals surface area (Å²) < 4.78 is 12.5. The Morgan fingerprint density at radius 2 is 1.39 bits per heavy atom. The van der Waals surface area contributed by atoms with Crippen molar-refractivity contribution in [1.82, 2.24) is 9.97 Å². The summed E-state index contributed by atoms with van der Waals surface area (Å²) in [4.78, 5) is 9.14. The van der Waals surface area contributed by atoms with Crippen LogP contribution in [0.1, 0.15) is 23.5 Å². The summed E-state index contributed by atoms with van der Waals surface area (Å²) in [7, 11) is 0. The highest BCUT2D eigenvalue weighted by atomic mass is 16.3. The summed E-state index contributed by atoms with van der Waals surface area (Å²) in [6, 6.07) is 31.2. The van der Waals surface area contributed by atoms with Gasteiger partial charge in [0.1, 0.15) is 34.3 Å². The fourth-order valence-corrected chi connectivity index (χ4v) is 5.73. The minimum atomic E-state index is 0.226. The van der Waals surface area contributed by atoms with E-state index in [1.165, 1.54) is 16.5 Å². The number of hydrogen-bond acceptors (Lipinski definition) is 4. The molecule has 0 fully saturated rings. The maximum atomic E-state index is 6.34. The summed E-state index contributed by atoms with van der Waals surface area (Å²) in [6.07, 6.45) is 9.39. The van der Waals surface area contributed by atoms with Crippen molar-refractivity contribution in [2.45, 2.75) is 12.3 Å². The lowest BCUT2D eigenvalue weighted by atomic mass is 9.86. The third-order valence-electron chi connectivity index (χ3n) is 7.53. The fraction of sp³-hybridized carbons (Fsp3) is 0.0588. The molecule has 0 spiro atoms. The minimum absolute atomic E-state index is 0.226. The van der Waals surface area contributed by atoms with E-state index in [9.17, 15) is 0 Å². The third-order valence-corrected chi connectivity index (χ3v) is 7.53. The second-order valence-electron chi connectivity index (χ2n) is 9.77. The lowest BCUT2D eigenvalue weighted by Gasteiger charge is -2.18. The number of aromatic nitrogens is 2. The van der Waals surface area contributed by atoms with E-state index in [2.05, 4.69) is 82.8 Å². The Balaban J connectivity index is 1.22. The smallest absolute Gasteiger partial charge is 0.180 e. The Bertz CT molecular complexity index is 2080. The number of fused-ring (bicyclic) bond motifs is 6. The van der Waals surface area contributed by atoms with Crippen LogP contribution in [0.25, 0.3) is 60.8 Å². The Morgan fingerprint density at radius 3 is 2.32 bits per heavy atom. The monoisotopic (exact) mass is 490 g/mol. The van der Waals surface area contributed by atoms with Gasteiger partial charge in [0, 0.05) is 33.2 Å². The van der Waals surface area contributed by atoms with Crippen LogP contribution in [0.5, 0.6) is 0 Å². The highest BCUT2D eigenvalue weighted by Gasteiger charge is 2.20. The van der Waals surface area contributed by atoms with Crippen molar-refractivity contribution < 1.29 is 8.83 Å². The molecule has 1 atom stereocenters. The van der Waals surface area contributed by atoms with E-state index < -0.39 is 0 Å². The second-order valence-corrected chi connectivity index (χ2v) is 9.77. The number of furan rings is 2. The first-order chi connectivity index (χ1) is 18.8. The number of allylic oxidation sites excluding steroid dienone is 4. The van der Waals surface area contributed by atoms with Gasteiger partial charge in [0.15, 0.2) is 5.58 Å². The summed E-state index contributed by atoms with van der Waals surface area (Å²) in [5.41, 5.74) is 9.64. The van der Waals surface area contributed by atoms with Crippen molar-refractivity contribution in [3.63, 3.8) is 0 Å². The van der Waals surface area contributed by atoms with Gasteiger partial charge in [-0.25, -0.2) is 9.97 Å². The number of nitrogens with zero attached hydrogens (tertiary/aromatic N) is 2. The van der Waals surface area contributed by atoms with E-state index >= 15 is 0 Å². The molecule has 4 nitrogen and oxygen atoms in total. The normalized spacial score (nSPS) is 15.6. The van der Waals surface area contributed by atoms with Crippen molar-refractivity contribution in [3.8, 4) is 11.3 Å². The Morgan fingerprint density at radius 1 is 0.658 bits per heavy atom.